The lowest BCUT2D eigenvalue weighted by atomic mass is 10.2. The summed E-state index contributed by atoms with van der Waals surface area (Å²) in [7, 11) is 0. The molecule has 0 radical (unpaired) electrons. The Labute approximate surface area is 77.2 Å². The molecule has 0 N–H and O–H groups in total. The van der Waals surface area contributed by atoms with Gasteiger partial charge >= 0.3 is 0 Å². The van der Waals surface area contributed by atoms with Crippen LogP contribution in [0.25, 0.3) is 0 Å². The minimum absolute atomic E-state index is 0.286. The molecule has 1 aromatic carbocycles. The number of hydrogen-bond acceptors (Lipinski definition) is 3. The highest BCUT2D eigenvalue weighted by molar-refractivity contribution is 5.59. The molecule has 0 spiro atoms. The Kier molecular flexibility index (Phi) is 4.12. The number of nitrogens with zero attached hydrogens (tertiary/aromatic N) is 2. The lowest BCUT2D eigenvalue weighted by molar-refractivity contribution is 0.131. The summed E-state index contributed by atoms with van der Waals surface area (Å²) in [6, 6.07) is 11.7. The molecule has 0 saturated carbocycles. The maximum absolute atomic E-state index is 8.19. The summed E-state index contributed by atoms with van der Waals surface area (Å²) in [5.74, 6) is 0. The summed E-state index contributed by atoms with van der Waals surface area (Å²) in [6.07, 6.45) is 1.73. The first-order valence-corrected chi connectivity index (χ1v) is 3.98. The van der Waals surface area contributed by atoms with E-state index in [0.29, 0.717) is 6.61 Å². The van der Waals surface area contributed by atoms with Crippen molar-refractivity contribution >= 4 is 6.21 Å². The molecular formula is C10H10N2O. The van der Waals surface area contributed by atoms with E-state index >= 15 is 0 Å². The van der Waals surface area contributed by atoms with Crippen LogP contribution in [0, 0.1) is 11.3 Å². The highest BCUT2D eigenvalue weighted by Crippen LogP contribution is 1.99. The molecule has 0 aliphatic rings. The van der Waals surface area contributed by atoms with Crippen LogP contribution < -0.4 is 0 Å². The van der Waals surface area contributed by atoms with Crippen LogP contribution in [0.2, 0.25) is 0 Å². The molecule has 13 heavy (non-hydrogen) atoms. The van der Waals surface area contributed by atoms with Crippen LogP contribution in [0.5, 0.6) is 0 Å². The Hall–Kier alpha value is -1.82. The summed E-state index contributed by atoms with van der Waals surface area (Å²) in [5, 5.41) is 11.8. The summed E-state index contributed by atoms with van der Waals surface area (Å²) in [5.41, 5.74) is 1.07. The predicted octanol–water partition coefficient (Wildman–Crippen LogP) is 2.10. The molecule has 0 unspecified atom stereocenters. The summed E-state index contributed by atoms with van der Waals surface area (Å²) >= 11 is 0. The minimum atomic E-state index is 0.286. The third-order valence-corrected chi connectivity index (χ3v) is 1.41. The van der Waals surface area contributed by atoms with Crippen LogP contribution in [0.4, 0.5) is 0 Å². The summed E-state index contributed by atoms with van der Waals surface area (Å²) in [4.78, 5) is 4.94. The van der Waals surface area contributed by atoms with Crippen LogP contribution >= 0.6 is 0 Å². The van der Waals surface area contributed by atoms with Crippen LogP contribution in [0.15, 0.2) is 35.5 Å². The van der Waals surface area contributed by atoms with Gasteiger partial charge in [0.2, 0.25) is 0 Å². The highest BCUT2D eigenvalue weighted by Gasteiger charge is 1.88. The van der Waals surface area contributed by atoms with Crippen molar-refractivity contribution in [2.45, 2.75) is 13.0 Å². The van der Waals surface area contributed by atoms with Gasteiger partial charge in [0.25, 0.3) is 0 Å². The van der Waals surface area contributed by atoms with Crippen LogP contribution in [-0.4, -0.2) is 6.21 Å². The Morgan fingerprint density at radius 3 is 2.85 bits per heavy atom. The molecule has 0 heterocycles. The second-order valence-corrected chi connectivity index (χ2v) is 2.41. The van der Waals surface area contributed by atoms with Gasteiger partial charge in [-0.25, -0.2) is 0 Å². The predicted molar refractivity (Wildman–Crippen MR) is 50.0 cm³/mol. The fraction of sp³-hybridized carbons (Fsp3) is 0.200. The largest absolute Gasteiger partial charge is 0.391 e. The maximum Gasteiger partial charge on any atom is 0.142 e. The number of rotatable bonds is 4. The third kappa shape index (κ3) is 3.92. The Morgan fingerprint density at radius 2 is 2.15 bits per heavy atom. The molecule has 0 amide bonds. The maximum atomic E-state index is 8.19. The van der Waals surface area contributed by atoms with E-state index in [-0.39, 0.29) is 6.42 Å². The van der Waals surface area contributed by atoms with Gasteiger partial charge in [0.15, 0.2) is 0 Å². The molecule has 0 atom stereocenters. The molecule has 0 aromatic heterocycles. The van der Waals surface area contributed by atoms with E-state index in [9.17, 15) is 0 Å². The third-order valence-electron chi connectivity index (χ3n) is 1.41. The lowest BCUT2D eigenvalue weighted by Gasteiger charge is -1.97. The number of hydrogen-bond donors (Lipinski definition) is 0. The Bertz CT molecular complexity index is 300. The zero-order valence-electron chi connectivity index (χ0n) is 7.18. The van der Waals surface area contributed by atoms with E-state index in [1.807, 2.05) is 36.4 Å². The smallest absolute Gasteiger partial charge is 0.142 e. The first-order chi connectivity index (χ1) is 6.43. The second-order valence-electron chi connectivity index (χ2n) is 2.41. The van der Waals surface area contributed by atoms with Crippen LogP contribution in [0.3, 0.4) is 0 Å². The van der Waals surface area contributed by atoms with Crippen molar-refractivity contribution in [3.63, 3.8) is 0 Å². The van der Waals surface area contributed by atoms with Gasteiger partial charge in [0, 0.05) is 0 Å². The average Bonchev–Trinajstić information content (AvgIpc) is 2.19. The second kappa shape index (κ2) is 5.78. The zero-order chi connectivity index (χ0) is 9.36. The van der Waals surface area contributed by atoms with Crippen LogP contribution in [0.1, 0.15) is 12.0 Å². The van der Waals surface area contributed by atoms with Crippen LogP contribution in [-0.2, 0) is 11.4 Å². The standard InChI is InChI=1S/C10H10N2O/c11-7-4-8-12-13-9-10-5-2-1-3-6-10/h1-3,5-6,8H,4,9H2/b12-8+. The normalized spacial score (nSPS) is 9.77. The van der Waals surface area contributed by atoms with Crippen molar-refractivity contribution in [1.82, 2.24) is 0 Å². The topological polar surface area (TPSA) is 45.4 Å². The van der Waals surface area contributed by atoms with Gasteiger partial charge in [0.05, 0.1) is 18.7 Å². The average molecular weight is 174 g/mol. The Balaban J connectivity index is 2.25. The summed E-state index contributed by atoms with van der Waals surface area (Å²) in [6.45, 7) is 0.447. The van der Waals surface area contributed by atoms with Crippen molar-refractivity contribution in [2.75, 3.05) is 0 Å². The van der Waals surface area contributed by atoms with Gasteiger partial charge in [-0.15, -0.1) is 0 Å². The summed E-state index contributed by atoms with van der Waals surface area (Å²) < 4.78 is 0. The van der Waals surface area contributed by atoms with E-state index in [1.165, 1.54) is 6.21 Å². The van der Waals surface area contributed by atoms with Crippen molar-refractivity contribution in [3.05, 3.63) is 35.9 Å². The molecule has 3 nitrogen and oxygen atoms in total. The molecule has 0 bridgehead atoms. The van der Waals surface area contributed by atoms with Crippen molar-refractivity contribution in [1.29, 1.82) is 5.26 Å². The van der Waals surface area contributed by atoms with E-state index in [4.69, 9.17) is 10.1 Å². The molecule has 66 valence electrons. The first-order valence-electron chi connectivity index (χ1n) is 3.98. The molecule has 0 aliphatic heterocycles. The number of benzene rings is 1. The van der Waals surface area contributed by atoms with E-state index in [2.05, 4.69) is 5.16 Å². The highest BCUT2D eigenvalue weighted by atomic mass is 16.6. The van der Waals surface area contributed by atoms with Gasteiger partial charge in [-0.05, 0) is 5.56 Å². The van der Waals surface area contributed by atoms with E-state index in [0.717, 1.165) is 5.56 Å². The van der Waals surface area contributed by atoms with Crippen molar-refractivity contribution < 1.29 is 4.84 Å². The van der Waals surface area contributed by atoms with Gasteiger partial charge in [-0.1, -0.05) is 35.5 Å². The molecular weight excluding hydrogens is 164 g/mol. The molecule has 1 aromatic rings. The number of nitriles is 1. The van der Waals surface area contributed by atoms with Gasteiger partial charge < -0.3 is 4.84 Å². The van der Waals surface area contributed by atoms with E-state index in [1.54, 1.807) is 0 Å². The first kappa shape index (κ1) is 9.27. The van der Waals surface area contributed by atoms with Gasteiger partial charge in [0.1, 0.15) is 6.61 Å². The lowest BCUT2D eigenvalue weighted by Crippen LogP contribution is -1.85. The zero-order valence-corrected chi connectivity index (χ0v) is 7.18. The monoisotopic (exact) mass is 174 g/mol. The number of oxime groups is 1. The SMILES string of the molecule is N#CC/C=N/OCc1ccccc1. The quantitative estimate of drug-likeness (QED) is 0.518. The fourth-order valence-corrected chi connectivity index (χ4v) is 0.817. The molecule has 1 rings (SSSR count). The van der Waals surface area contributed by atoms with Gasteiger partial charge in [-0.3, -0.25) is 0 Å². The fourth-order valence-electron chi connectivity index (χ4n) is 0.817. The van der Waals surface area contributed by atoms with Gasteiger partial charge in [-0.2, -0.15) is 5.26 Å². The molecule has 0 saturated heterocycles. The molecule has 0 aliphatic carbocycles. The van der Waals surface area contributed by atoms with Crippen molar-refractivity contribution in [2.24, 2.45) is 5.16 Å². The molecule has 3 heteroatoms. The Morgan fingerprint density at radius 1 is 1.38 bits per heavy atom. The minimum Gasteiger partial charge on any atom is -0.391 e. The van der Waals surface area contributed by atoms with E-state index < -0.39 is 0 Å². The van der Waals surface area contributed by atoms with Crippen molar-refractivity contribution in [3.8, 4) is 6.07 Å². The molecule has 0 fully saturated rings.